The van der Waals surface area contributed by atoms with E-state index in [1.165, 1.54) is 0 Å². The molecule has 2 aromatic rings. The topological polar surface area (TPSA) is 82.6 Å². The molecule has 0 spiro atoms. The maximum Gasteiger partial charge on any atom is 0.249 e. The van der Waals surface area contributed by atoms with Gasteiger partial charge in [0, 0.05) is 10.7 Å². The molecule has 0 aliphatic carbocycles. The Labute approximate surface area is 160 Å². The molecule has 0 saturated heterocycles. The first-order valence-electron chi connectivity index (χ1n) is 7.88. The van der Waals surface area contributed by atoms with Gasteiger partial charge in [0.2, 0.25) is 17.8 Å². The fourth-order valence-electron chi connectivity index (χ4n) is 2.39. The van der Waals surface area contributed by atoms with Crippen molar-refractivity contribution in [2.75, 3.05) is 10.6 Å². The number of carbonyl (C=O) groups excluding carboxylic acids is 2. The average molecular weight is 391 g/mol. The fourth-order valence-corrected chi connectivity index (χ4v) is 2.84. The van der Waals surface area contributed by atoms with E-state index in [0.29, 0.717) is 21.4 Å². The molecule has 2 aromatic carbocycles. The Bertz CT molecular complexity index is 881. The summed E-state index contributed by atoms with van der Waals surface area (Å²) in [7, 11) is 0. The van der Waals surface area contributed by atoms with Gasteiger partial charge in [-0.15, -0.1) is 0 Å². The van der Waals surface area contributed by atoms with Gasteiger partial charge >= 0.3 is 0 Å². The fraction of sp³-hybridized carbons (Fsp3) is 0.167. The highest BCUT2D eigenvalue weighted by atomic mass is 35.5. The Hall–Kier alpha value is -2.57. The van der Waals surface area contributed by atoms with Crippen LogP contribution in [0.3, 0.4) is 0 Å². The number of nitrogens with zero attached hydrogens (tertiary/aromatic N) is 1. The smallest absolute Gasteiger partial charge is 0.249 e. The molecule has 8 heteroatoms. The summed E-state index contributed by atoms with van der Waals surface area (Å²) in [5.74, 6) is -0.503. The van der Waals surface area contributed by atoms with E-state index in [1.54, 1.807) is 30.3 Å². The maximum absolute atomic E-state index is 12.4. The van der Waals surface area contributed by atoms with Crippen LogP contribution in [0.5, 0.6) is 0 Å². The van der Waals surface area contributed by atoms with Gasteiger partial charge in [-0.05, 0) is 37.3 Å². The van der Waals surface area contributed by atoms with Crippen LogP contribution in [-0.4, -0.2) is 23.8 Å². The highest BCUT2D eigenvalue weighted by molar-refractivity contribution is 6.36. The lowest BCUT2D eigenvalue weighted by molar-refractivity contribution is -0.124. The standard InChI is InChI=1S/C18H16Cl2N4O2/c1-10-2-5-12(6-3-10)21-17(26)15-9-16(25)24-18(23-15)22-14-7-4-11(19)8-13(14)20/h2-8,15H,9H2,1H3,(H,21,26)(H2,22,23,24,25)/t15-/m1/s1. The molecular formula is C18H16Cl2N4O2. The molecule has 0 unspecified atom stereocenters. The van der Waals surface area contributed by atoms with Crippen LogP contribution in [0.25, 0.3) is 0 Å². The molecule has 26 heavy (non-hydrogen) atoms. The van der Waals surface area contributed by atoms with Crippen molar-refractivity contribution in [3.8, 4) is 0 Å². The zero-order valence-corrected chi connectivity index (χ0v) is 15.4. The van der Waals surface area contributed by atoms with Gasteiger partial charge in [-0.3, -0.25) is 14.9 Å². The minimum absolute atomic E-state index is 0.0305. The van der Waals surface area contributed by atoms with E-state index < -0.39 is 6.04 Å². The van der Waals surface area contributed by atoms with Crippen LogP contribution in [0.1, 0.15) is 12.0 Å². The summed E-state index contributed by atoms with van der Waals surface area (Å²) in [4.78, 5) is 28.7. The lowest BCUT2D eigenvalue weighted by atomic mass is 10.1. The molecule has 2 amide bonds. The molecule has 134 valence electrons. The quantitative estimate of drug-likeness (QED) is 0.748. The van der Waals surface area contributed by atoms with Crippen molar-refractivity contribution < 1.29 is 9.59 Å². The molecular weight excluding hydrogens is 375 g/mol. The van der Waals surface area contributed by atoms with Gasteiger partial charge in [0.15, 0.2) is 0 Å². The van der Waals surface area contributed by atoms with Gasteiger partial charge in [-0.25, -0.2) is 4.99 Å². The molecule has 0 fully saturated rings. The summed E-state index contributed by atoms with van der Waals surface area (Å²) >= 11 is 12.0. The number of aliphatic imine (C=N–C) groups is 1. The maximum atomic E-state index is 12.4. The van der Waals surface area contributed by atoms with Gasteiger partial charge in [0.05, 0.1) is 17.1 Å². The van der Waals surface area contributed by atoms with Crippen molar-refractivity contribution >= 4 is 52.4 Å². The van der Waals surface area contributed by atoms with E-state index in [4.69, 9.17) is 23.2 Å². The lowest BCUT2D eigenvalue weighted by Gasteiger charge is -2.21. The Morgan fingerprint density at radius 2 is 1.92 bits per heavy atom. The third-order valence-electron chi connectivity index (χ3n) is 3.73. The molecule has 1 heterocycles. The van der Waals surface area contributed by atoms with E-state index >= 15 is 0 Å². The van der Waals surface area contributed by atoms with Crippen molar-refractivity contribution in [3.05, 3.63) is 58.1 Å². The number of anilines is 2. The highest BCUT2D eigenvalue weighted by Crippen LogP contribution is 2.25. The Balaban J connectivity index is 1.74. The predicted molar refractivity (Wildman–Crippen MR) is 104 cm³/mol. The van der Waals surface area contributed by atoms with Gasteiger partial charge in [0.1, 0.15) is 6.04 Å². The minimum atomic E-state index is -0.835. The SMILES string of the molecule is Cc1ccc(NC(=O)[C@H]2CC(=O)NC(Nc3ccc(Cl)cc3Cl)=N2)cc1. The van der Waals surface area contributed by atoms with Crippen LogP contribution in [0, 0.1) is 6.92 Å². The lowest BCUT2D eigenvalue weighted by Crippen LogP contribution is -2.45. The third kappa shape index (κ3) is 4.53. The highest BCUT2D eigenvalue weighted by Gasteiger charge is 2.27. The molecule has 1 aliphatic rings. The first-order valence-corrected chi connectivity index (χ1v) is 8.63. The summed E-state index contributed by atoms with van der Waals surface area (Å²) in [5, 5.41) is 9.13. The minimum Gasteiger partial charge on any atom is -0.325 e. The number of guanidine groups is 1. The van der Waals surface area contributed by atoms with Crippen molar-refractivity contribution in [1.29, 1.82) is 0 Å². The van der Waals surface area contributed by atoms with Crippen LogP contribution >= 0.6 is 23.2 Å². The Morgan fingerprint density at radius 1 is 1.19 bits per heavy atom. The number of amides is 2. The number of halogens is 2. The molecule has 0 bridgehead atoms. The normalized spacial score (nSPS) is 16.5. The van der Waals surface area contributed by atoms with Crippen LogP contribution < -0.4 is 16.0 Å². The molecule has 3 N–H and O–H groups in total. The number of rotatable bonds is 3. The second kappa shape index (κ2) is 7.76. The van der Waals surface area contributed by atoms with E-state index in [0.717, 1.165) is 5.56 Å². The van der Waals surface area contributed by atoms with Crippen molar-refractivity contribution in [2.24, 2.45) is 4.99 Å². The van der Waals surface area contributed by atoms with Crippen molar-refractivity contribution in [1.82, 2.24) is 5.32 Å². The summed E-state index contributed by atoms with van der Waals surface area (Å²) in [5.41, 5.74) is 2.26. The number of hydrogen-bond donors (Lipinski definition) is 3. The molecule has 6 nitrogen and oxygen atoms in total. The second-order valence-electron chi connectivity index (χ2n) is 5.85. The molecule has 1 aliphatic heterocycles. The predicted octanol–water partition coefficient (Wildman–Crippen LogP) is 3.60. The van der Waals surface area contributed by atoms with Crippen LogP contribution in [0.15, 0.2) is 47.5 Å². The summed E-state index contributed by atoms with van der Waals surface area (Å²) in [6.07, 6.45) is -0.0305. The largest absolute Gasteiger partial charge is 0.325 e. The zero-order chi connectivity index (χ0) is 18.7. The van der Waals surface area contributed by atoms with Crippen LogP contribution in [0.2, 0.25) is 10.0 Å². The van der Waals surface area contributed by atoms with Crippen molar-refractivity contribution in [3.63, 3.8) is 0 Å². The van der Waals surface area contributed by atoms with E-state index in [9.17, 15) is 9.59 Å². The molecule has 1 atom stereocenters. The number of nitrogens with one attached hydrogen (secondary N) is 3. The first-order chi connectivity index (χ1) is 12.4. The van der Waals surface area contributed by atoms with Crippen LogP contribution in [-0.2, 0) is 9.59 Å². The van der Waals surface area contributed by atoms with Crippen molar-refractivity contribution in [2.45, 2.75) is 19.4 Å². The molecule has 0 aromatic heterocycles. The number of benzene rings is 2. The Kier molecular flexibility index (Phi) is 5.44. The first kappa shape index (κ1) is 18.2. The number of aryl methyl sites for hydroxylation is 1. The monoisotopic (exact) mass is 390 g/mol. The van der Waals surface area contributed by atoms with Crippen LogP contribution in [0.4, 0.5) is 11.4 Å². The molecule has 0 saturated carbocycles. The summed E-state index contributed by atoms with van der Waals surface area (Å²) in [6, 6.07) is 11.4. The van der Waals surface area contributed by atoms with E-state index in [-0.39, 0.29) is 24.2 Å². The average Bonchev–Trinajstić information content (AvgIpc) is 2.59. The van der Waals surface area contributed by atoms with Gasteiger partial charge in [-0.1, -0.05) is 40.9 Å². The van der Waals surface area contributed by atoms with E-state index in [2.05, 4.69) is 20.9 Å². The zero-order valence-electron chi connectivity index (χ0n) is 13.8. The van der Waals surface area contributed by atoms with Gasteiger partial charge in [-0.2, -0.15) is 0 Å². The van der Waals surface area contributed by atoms with Gasteiger partial charge in [0.25, 0.3) is 0 Å². The van der Waals surface area contributed by atoms with E-state index in [1.807, 2.05) is 19.1 Å². The number of hydrogen-bond acceptors (Lipinski definition) is 4. The number of carbonyl (C=O) groups is 2. The second-order valence-corrected chi connectivity index (χ2v) is 6.69. The van der Waals surface area contributed by atoms with Gasteiger partial charge < -0.3 is 10.6 Å². The summed E-state index contributed by atoms with van der Waals surface area (Å²) in [6.45, 7) is 1.96. The third-order valence-corrected chi connectivity index (χ3v) is 4.28. The summed E-state index contributed by atoms with van der Waals surface area (Å²) < 4.78 is 0. The molecule has 3 rings (SSSR count). The molecule has 0 radical (unpaired) electrons. The Morgan fingerprint density at radius 3 is 2.62 bits per heavy atom.